The average Bonchev–Trinajstić information content (AvgIpc) is 2.43. The summed E-state index contributed by atoms with van der Waals surface area (Å²) in [6.07, 6.45) is 1.90. The number of hydrogen-bond acceptors (Lipinski definition) is 2. The number of benzene rings is 1. The zero-order chi connectivity index (χ0) is 14.5. The molecule has 0 spiro atoms. The number of nitrogens with zero attached hydrogens (tertiary/aromatic N) is 1. The van der Waals surface area contributed by atoms with Gasteiger partial charge in [-0.15, -0.1) is 0 Å². The van der Waals surface area contributed by atoms with Crippen molar-refractivity contribution in [2.24, 2.45) is 0 Å². The van der Waals surface area contributed by atoms with Crippen LogP contribution in [0.3, 0.4) is 0 Å². The maximum Gasteiger partial charge on any atom is 0.129 e. The van der Waals surface area contributed by atoms with Crippen LogP contribution >= 0.6 is 15.9 Å². The number of pyridine rings is 1. The zero-order valence-electron chi connectivity index (χ0n) is 11.0. The van der Waals surface area contributed by atoms with E-state index in [0.717, 1.165) is 10.2 Å². The van der Waals surface area contributed by atoms with Crippen molar-refractivity contribution in [1.29, 1.82) is 0 Å². The van der Waals surface area contributed by atoms with Crippen LogP contribution < -0.4 is 5.32 Å². The third kappa shape index (κ3) is 3.61. The van der Waals surface area contributed by atoms with E-state index in [4.69, 9.17) is 0 Å². The quantitative estimate of drug-likeness (QED) is 0.889. The molecule has 2 rings (SSSR count). The summed E-state index contributed by atoms with van der Waals surface area (Å²) in [5.74, 6) is -1.05. The topological polar surface area (TPSA) is 24.9 Å². The summed E-state index contributed by atoms with van der Waals surface area (Å²) in [4.78, 5) is 4.30. The predicted molar refractivity (Wildman–Crippen MR) is 78.4 cm³/mol. The smallest absolute Gasteiger partial charge is 0.129 e. The summed E-state index contributed by atoms with van der Waals surface area (Å²) in [6.45, 7) is 2.64. The third-order valence-electron chi connectivity index (χ3n) is 3.03. The van der Waals surface area contributed by atoms with Gasteiger partial charge in [0, 0.05) is 16.2 Å². The number of nitrogens with one attached hydrogen (secondary N) is 1. The second kappa shape index (κ2) is 6.90. The number of likely N-dealkylation sites (N-methyl/N-ethyl adjacent to an activating group) is 1. The van der Waals surface area contributed by atoms with Crippen LogP contribution in [0.25, 0.3) is 0 Å². The van der Waals surface area contributed by atoms with Crippen molar-refractivity contribution in [2.45, 2.75) is 19.4 Å². The summed E-state index contributed by atoms with van der Waals surface area (Å²) in [5.41, 5.74) is 0.848. The second-order valence-electron chi connectivity index (χ2n) is 4.42. The van der Waals surface area contributed by atoms with Gasteiger partial charge in [-0.05, 0) is 53.2 Å². The van der Waals surface area contributed by atoms with Gasteiger partial charge in [0.15, 0.2) is 0 Å². The highest BCUT2D eigenvalue weighted by Crippen LogP contribution is 2.22. The Kier molecular flexibility index (Phi) is 5.20. The van der Waals surface area contributed by atoms with Crippen molar-refractivity contribution < 1.29 is 8.78 Å². The lowest BCUT2D eigenvalue weighted by atomic mass is 10.0. The molecule has 0 radical (unpaired) electrons. The molecule has 0 aliphatic carbocycles. The van der Waals surface area contributed by atoms with E-state index in [-0.39, 0.29) is 18.0 Å². The Morgan fingerprint density at radius 3 is 2.45 bits per heavy atom. The van der Waals surface area contributed by atoms with Gasteiger partial charge in [-0.1, -0.05) is 13.0 Å². The van der Waals surface area contributed by atoms with Crippen molar-refractivity contribution in [1.82, 2.24) is 10.3 Å². The highest BCUT2D eigenvalue weighted by atomic mass is 79.9. The van der Waals surface area contributed by atoms with Crippen LogP contribution in [0, 0.1) is 11.6 Å². The van der Waals surface area contributed by atoms with Crippen molar-refractivity contribution in [3.8, 4) is 0 Å². The van der Waals surface area contributed by atoms with E-state index in [0.29, 0.717) is 6.54 Å². The lowest BCUT2D eigenvalue weighted by molar-refractivity contribution is 0.492. The Morgan fingerprint density at radius 1 is 1.20 bits per heavy atom. The van der Waals surface area contributed by atoms with Gasteiger partial charge in [0.1, 0.15) is 11.6 Å². The van der Waals surface area contributed by atoms with Crippen molar-refractivity contribution in [3.63, 3.8) is 0 Å². The summed E-state index contributed by atoms with van der Waals surface area (Å²) in [6, 6.07) is 7.40. The SMILES string of the molecule is CCNC(Cc1c(F)cccc1F)c1ccc(Br)cn1. The Hall–Kier alpha value is -1.33. The summed E-state index contributed by atoms with van der Waals surface area (Å²) < 4.78 is 28.3. The van der Waals surface area contributed by atoms with Crippen LogP contribution in [0.15, 0.2) is 41.0 Å². The fraction of sp³-hybridized carbons (Fsp3) is 0.267. The summed E-state index contributed by atoms with van der Waals surface area (Å²) >= 11 is 3.32. The molecule has 0 fully saturated rings. The molecule has 0 saturated carbocycles. The molecule has 2 aromatic rings. The Morgan fingerprint density at radius 2 is 1.90 bits per heavy atom. The molecular formula is C15H15BrF2N2. The van der Waals surface area contributed by atoms with Gasteiger partial charge in [0.2, 0.25) is 0 Å². The molecule has 1 atom stereocenters. The van der Waals surface area contributed by atoms with Gasteiger partial charge in [0.25, 0.3) is 0 Å². The zero-order valence-corrected chi connectivity index (χ0v) is 12.6. The fourth-order valence-electron chi connectivity index (χ4n) is 2.05. The van der Waals surface area contributed by atoms with E-state index in [1.165, 1.54) is 18.2 Å². The summed E-state index contributed by atoms with van der Waals surface area (Å²) in [7, 11) is 0. The molecule has 0 aliphatic heterocycles. The molecule has 1 unspecified atom stereocenters. The molecule has 1 aromatic carbocycles. The molecule has 2 nitrogen and oxygen atoms in total. The maximum absolute atomic E-state index is 13.7. The molecule has 0 bridgehead atoms. The molecule has 0 aliphatic rings. The van der Waals surface area contributed by atoms with Gasteiger partial charge in [-0.2, -0.15) is 0 Å². The van der Waals surface area contributed by atoms with Gasteiger partial charge in [-0.25, -0.2) is 8.78 Å². The van der Waals surface area contributed by atoms with E-state index in [1.54, 1.807) is 6.20 Å². The second-order valence-corrected chi connectivity index (χ2v) is 5.33. The predicted octanol–water partition coefficient (Wildman–Crippen LogP) is 4.02. The van der Waals surface area contributed by atoms with Crippen LogP contribution in [0.1, 0.15) is 24.2 Å². The highest BCUT2D eigenvalue weighted by molar-refractivity contribution is 9.10. The van der Waals surface area contributed by atoms with Gasteiger partial charge in [-0.3, -0.25) is 4.98 Å². The van der Waals surface area contributed by atoms with E-state index < -0.39 is 11.6 Å². The number of halogens is 3. The van der Waals surface area contributed by atoms with Crippen LogP contribution in [-0.4, -0.2) is 11.5 Å². The van der Waals surface area contributed by atoms with Gasteiger partial charge < -0.3 is 5.32 Å². The van der Waals surface area contributed by atoms with E-state index >= 15 is 0 Å². The largest absolute Gasteiger partial charge is 0.309 e. The third-order valence-corrected chi connectivity index (χ3v) is 3.50. The Labute approximate surface area is 125 Å². The van der Waals surface area contributed by atoms with Gasteiger partial charge in [0.05, 0.1) is 11.7 Å². The first-order valence-electron chi connectivity index (χ1n) is 6.39. The minimum Gasteiger partial charge on any atom is -0.309 e. The fourth-order valence-corrected chi connectivity index (χ4v) is 2.29. The first-order valence-corrected chi connectivity index (χ1v) is 7.18. The van der Waals surface area contributed by atoms with Crippen molar-refractivity contribution in [2.75, 3.05) is 6.54 Å². The highest BCUT2D eigenvalue weighted by Gasteiger charge is 2.17. The molecule has 1 heterocycles. The monoisotopic (exact) mass is 340 g/mol. The molecule has 106 valence electrons. The van der Waals surface area contributed by atoms with Crippen molar-refractivity contribution in [3.05, 3.63) is 63.9 Å². The first-order chi connectivity index (χ1) is 9.61. The molecule has 1 N–H and O–H groups in total. The minimum atomic E-state index is -0.523. The minimum absolute atomic E-state index is 0.0863. The van der Waals surface area contributed by atoms with Crippen LogP contribution in [0.5, 0.6) is 0 Å². The van der Waals surface area contributed by atoms with Crippen LogP contribution in [-0.2, 0) is 6.42 Å². The maximum atomic E-state index is 13.7. The lowest BCUT2D eigenvalue weighted by Gasteiger charge is -2.18. The average molecular weight is 341 g/mol. The molecule has 0 saturated heterocycles. The molecule has 1 aromatic heterocycles. The van der Waals surface area contributed by atoms with E-state index in [2.05, 4.69) is 26.2 Å². The number of hydrogen-bond donors (Lipinski definition) is 1. The number of rotatable bonds is 5. The Bertz CT molecular complexity index is 552. The molecular weight excluding hydrogens is 326 g/mol. The van der Waals surface area contributed by atoms with Crippen LogP contribution in [0.4, 0.5) is 8.78 Å². The standard InChI is InChI=1S/C15H15BrF2N2/c1-2-19-15(14-7-6-10(16)9-20-14)8-11-12(17)4-3-5-13(11)18/h3-7,9,15,19H,2,8H2,1H3. The van der Waals surface area contributed by atoms with E-state index in [1.807, 2.05) is 19.1 Å². The lowest BCUT2D eigenvalue weighted by Crippen LogP contribution is -2.24. The Balaban J connectivity index is 2.28. The molecule has 0 amide bonds. The molecule has 20 heavy (non-hydrogen) atoms. The normalized spacial score (nSPS) is 12.4. The van der Waals surface area contributed by atoms with Crippen LogP contribution in [0.2, 0.25) is 0 Å². The number of aromatic nitrogens is 1. The first kappa shape index (κ1) is 15.1. The van der Waals surface area contributed by atoms with Crippen molar-refractivity contribution >= 4 is 15.9 Å². The molecule has 5 heteroatoms. The summed E-state index contributed by atoms with van der Waals surface area (Å²) in [5, 5.41) is 3.21. The van der Waals surface area contributed by atoms with Gasteiger partial charge >= 0.3 is 0 Å². The van der Waals surface area contributed by atoms with E-state index in [9.17, 15) is 8.78 Å².